The van der Waals surface area contributed by atoms with Gasteiger partial charge in [-0.3, -0.25) is 9.80 Å². The summed E-state index contributed by atoms with van der Waals surface area (Å²) in [4.78, 5) is 45.7. The molecule has 0 spiro atoms. The van der Waals surface area contributed by atoms with Crippen LogP contribution < -0.4 is 0 Å². The van der Waals surface area contributed by atoms with Crippen molar-refractivity contribution in [3.05, 3.63) is 71.7 Å². The third-order valence-electron chi connectivity index (χ3n) is 9.16. The Morgan fingerprint density at radius 1 is 0.812 bits per heavy atom. The number of likely N-dealkylation sites (tertiary alicyclic amines) is 2. The number of hydrogen-bond donors (Lipinski definition) is 2. The van der Waals surface area contributed by atoms with E-state index in [2.05, 4.69) is 69.0 Å². The number of rotatable bonds is 3. The van der Waals surface area contributed by atoms with Crippen LogP contribution in [-0.2, 0) is 9.47 Å². The number of nitrogens with one attached hydrogen (secondary N) is 2. The van der Waals surface area contributed by atoms with Crippen LogP contribution in [0.15, 0.2) is 48.8 Å². The maximum absolute atomic E-state index is 13.0. The quantitative estimate of drug-likeness (QED) is 0.220. The molecular weight excluding hydrogens is 604 g/mol. The van der Waals surface area contributed by atoms with Crippen molar-refractivity contribution < 1.29 is 19.1 Å². The first-order chi connectivity index (χ1) is 22.7. The van der Waals surface area contributed by atoms with E-state index >= 15 is 0 Å². The van der Waals surface area contributed by atoms with Crippen LogP contribution in [0, 0.1) is 23.7 Å². The van der Waals surface area contributed by atoms with Crippen molar-refractivity contribution in [2.45, 2.75) is 97.1 Å². The zero-order valence-electron chi connectivity index (χ0n) is 28.8. The third kappa shape index (κ3) is 6.64. The lowest BCUT2D eigenvalue weighted by atomic mass is 10.0. The molecule has 2 N–H and O–H groups in total. The number of aromatic nitrogens is 4. The monoisotopic (exact) mass is 648 g/mol. The highest BCUT2D eigenvalue weighted by Crippen LogP contribution is 2.53. The van der Waals surface area contributed by atoms with Crippen molar-refractivity contribution in [2.75, 3.05) is 6.54 Å². The molecule has 10 nitrogen and oxygen atoms in total. The van der Waals surface area contributed by atoms with Crippen molar-refractivity contribution in [1.29, 1.82) is 0 Å². The second-order valence-electron chi connectivity index (χ2n) is 15.6. The maximum Gasteiger partial charge on any atom is 0.411 e. The van der Waals surface area contributed by atoms with Gasteiger partial charge in [0.2, 0.25) is 0 Å². The van der Waals surface area contributed by atoms with Gasteiger partial charge in [0.05, 0.1) is 30.2 Å². The van der Waals surface area contributed by atoms with Crippen LogP contribution in [-0.4, -0.2) is 65.7 Å². The van der Waals surface area contributed by atoms with E-state index in [1.807, 2.05) is 58.7 Å². The Morgan fingerprint density at radius 3 is 2.27 bits per heavy atom. The normalized spacial score (nSPS) is 23.5. The van der Waals surface area contributed by atoms with Gasteiger partial charge in [-0.2, -0.15) is 0 Å². The van der Waals surface area contributed by atoms with E-state index in [0.717, 1.165) is 58.5 Å². The number of carbonyl (C=O) groups excluding carboxylic acids is 2. The van der Waals surface area contributed by atoms with Gasteiger partial charge in [0, 0.05) is 23.7 Å². The fourth-order valence-corrected chi connectivity index (χ4v) is 6.96. The molecule has 2 aliphatic heterocycles. The summed E-state index contributed by atoms with van der Waals surface area (Å²) in [5.74, 6) is 8.88. The molecule has 1 saturated carbocycles. The van der Waals surface area contributed by atoms with E-state index in [9.17, 15) is 9.59 Å². The van der Waals surface area contributed by atoms with E-state index in [0.29, 0.717) is 24.1 Å². The topological polar surface area (TPSA) is 116 Å². The van der Waals surface area contributed by atoms with Gasteiger partial charge in [0.15, 0.2) is 0 Å². The molecule has 1 aliphatic carbocycles. The van der Waals surface area contributed by atoms with Gasteiger partial charge in [-0.15, -0.1) is 0 Å². The Balaban J connectivity index is 1.04. The number of benzene rings is 2. The zero-order valence-corrected chi connectivity index (χ0v) is 28.8. The molecule has 10 heteroatoms. The number of amides is 2. The first-order valence-corrected chi connectivity index (χ1v) is 16.9. The van der Waals surface area contributed by atoms with Crippen LogP contribution in [0.1, 0.15) is 103 Å². The van der Waals surface area contributed by atoms with E-state index in [1.54, 1.807) is 11.1 Å². The molecule has 2 aromatic heterocycles. The smallest absolute Gasteiger partial charge is 0.411 e. The minimum Gasteiger partial charge on any atom is -0.444 e. The lowest BCUT2D eigenvalue weighted by molar-refractivity contribution is 0.0172. The van der Waals surface area contributed by atoms with E-state index in [1.165, 1.54) is 0 Å². The number of ether oxygens (including phenoxy) is 2. The summed E-state index contributed by atoms with van der Waals surface area (Å²) < 4.78 is 11.4. The summed E-state index contributed by atoms with van der Waals surface area (Å²) in [5.41, 5.74) is 2.43. The summed E-state index contributed by atoms with van der Waals surface area (Å²) in [6.07, 6.45) is 5.76. The summed E-state index contributed by atoms with van der Waals surface area (Å²) in [6.45, 7) is 14.1. The molecule has 2 amide bonds. The highest BCUT2D eigenvalue weighted by Gasteiger charge is 2.56. The number of imidazole rings is 2. The van der Waals surface area contributed by atoms with Crippen molar-refractivity contribution in [2.24, 2.45) is 11.8 Å². The Bertz CT molecular complexity index is 1940. The van der Waals surface area contributed by atoms with E-state index in [-0.39, 0.29) is 30.3 Å². The minimum atomic E-state index is -0.552. The zero-order chi connectivity index (χ0) is 34.0. The van der Waals surface area contributed by atoms with Gasteiger partial charge in [0.1, 0.15) is 28.5 Å². The van der Waals surface area contributed by atoms with Crippen molar-refractivity contribution in [3.8, 4) is 23.1 Å². The van der Waals surface area contributed by atoms with Crippen LogP contribution in [0.25, 0.3) is 22.0 Å². The number of H-pyrrole nitrogens is 2. The molecule has 250 valence electrons. The first kappa shape index (κ1) is 31.8. The average molecular weight is 649 g/mol. The lowest BCUT2D eigenvalue weighted by Gasteiger charge is -2.29. The van der Waals surface area contributed by atoms with Crippen LogP contribution in [0.5, 0.6) is 0 Å². The molecule has 7 rings (SSSR count). The second-order valence-corrected chi connectivity index (χ2v) is 15.6. The van der Waals surface area contributed by atoms with Crippen molar-refractivity contribution in [1.82, 2.24) is 29.7 Å². The van der Waals surface area contributed by atoms with Crippen LogP contribution in [0.2, 0.25) is 0 Å². The summed E-state index contributed by atoms with van der Waals surface area (Å²) in [6, 6.07) is 12.4. The Morgan fingerprint density at radius 2 is 1.50 bits per heavy atom. The molecule has 3 fully saturated rings. The van der Waals surface area contributed by atoms with Gasteiger partial charge in [-0.05, 0) is 108 Å². The summed E-state index contributed by atoms with van der Waals surface area (Å²) in [5, 5.41) is 2.17. The summed E-state index contributed by atoms with van der Waals surface area (Å²) >= 11 is 0. The number of fused-ring (bicyclic) bond motifs is 2. The van der Waals surface area contributed by atoms with E-state index in [4.69, 9.17) is 9.47 Å². The largest absolute Gasteiger partial charge is 0.444 e. The van der Waals surface area contributed by atoms with E-state index < -0.39 is 11.2 Å². The molecule has 0 bridgehead atoms. The number of nitrogens with zero attached hydrogens (tertiary/aromatic N) is 4. The molecule has 1 unspecified atom stereocenters. The van der Waals surface area contributed by atoms with Crippen LogP contribution in [0.3, 0.4) is 0 Å². The fourth-order valence-electron chi connectivity index (χ4n) is 6.96. The molecule has 2 saturated heterocycles. The molecule has 3 aliphatic rings. The van der Waals surface area contributed by atoms with Gasteiger partial charge in [-0.1, -0.05) is 31.0 Å². The Labute approximate surface area is 281 Å². The number of piperidine rings is 1. The Kier molecular flexibility index (Phi) is 7.77. The van der Waals surface area contributed by atoms with Crippen molar-refractivity contribution >= 4 is 23.0 Å². The maximum atomic E-state index is 13.0. The van der Waals surface area contributed by atoms with Crippen molar-refractivity contribution in [3.63, 3.8) is 0 Å². The number of aromatic amines is 2. The number of carbonyl (C=O) groups is 2. The summed E-state index contributed by atoms with van der Waals surface area (Å²) in [7, 11) is 0. The lowest BCUT2D eigenvalue weighted by Crippen LogP contribution is -2.38. The third-order valence-corrected chi connectivity index (χ3v) is 9.16. The average Bonchev–Trinajstić information content (AvgIpc) is 3.49. The van der Waals surface area contributed by atoms with Gasteiger partial charge < -0.3 is 19.4 Å². The van der Waals surface area contributed by atoms with Crippen LogP contribution >= 0.6 is 0 Å². The SMILES string of the molecule is C[C@H]1C[C@@H](c2ncc(-c3ccc4cc(C#Cc5cnc(C6C[C@H]7C[C@H]7N6C(=O)OC(C)(C)C)[nH]5)ccc4c3)[nH]2)N(C(=O)OC(C)(C)C)C1. The predicted octanol–water partition coefficient (Wildman–Crippen LogP) is 7.74. The number of hydrogen-bond acceptors (Lipinski definition) is 6. The highest BCUT2D eigenvalue weighted by atomic mass is 16.6. The van der Waals surface area contributed by atoms with Crippen LogP contribution in [0.4, 0.5) is 9.59 Å². The second kappa shape index (κ2) is 11.7. The van der Waals surface area contributed by atoms with Gasteiger partial charge in [0.25, 0.3) is 0 Å². The molecule has 48 heavy (non-hydrogen) atoms. The molecule has 4 aromatic rings. The molecule has 5 atom stereocenters. The highest BCUT2D eigenvalue weighted by molar-refractivity contribution is 5.88. The molecular formula is C38H44N6O4. The fraction of sp³-hybridized carbons (Fsp3) is 0.474. The van der Waals surface area contributed by atoms with Gasteiger partial charge in [-0.25, -0.2) is 19.6 Å². The van der Waals surface area contributed by atoms with Gasteiger partial charge >= 0.3 is 12.2 Å². The molecule has 0 radical (unpaired) electrons. The Hall–Kier alpha value is -4.78. The molecule has 2 aromatic carbocycles. The minimum absolute atomic E-state index is 0.120. The molecule has 4 heterocycles. The standard InChI is InChI=1S/C38H44N6O4/c1-22-14-31(43(21-22)35(45)47-37(2,3)4)33-40-20-29(42-33)26-12-11-24-15-23(8-10-25(24)16-26)9-13-28-19-39-34(41-28)32-18-27-17-30(27)44(32)36(46)48-38(5,6)7/h8,10-12,15-16,19-20,22,27,30-32H,14,17-18,21H2,1-7H3,(H,39,41)(H,40,42)/t22-,27+,30+,31-,32?/m0/s1. The predicted molar refractivity (Wildman–Crippen MR) is 183 cm³/mol. The first-order valence-electron chi connectivity index (χ1n) is 16.9.